The SMILES string of the molecule is CC(=O)N1C2CCC(C3CCC4SCNC4C3)CC2N(C(=O)C2CCCO2)C[C@@H]1C. The molecular weight excluding hydrogens is 398 g/mol. The second kappa shape index (κ2) is 8.62. The lowest BCUT2D eigenvalue weighted by atomic mass is 9.68. The minimum absolute atomic E-state index is 0.0841. The van der Waals surface area contributed by atoms with Crippen LogP contribution in [0.2, 0.25) is 0 Å². The molecule has 0 spiro atoms. The molecule has 2 amide bonds. The van der Waals surface area contributed by atoms with E-state index in [1.54, 1.807) is 6.92 Å². The molecule has 3 aliphatic heterocycles. The van der Waals surface area contributed by atoms with Gasteiger partial charge >= 0.3 is 0 Å². The molecule has 3 saturated heterocycles. The van der Waals surface area contributed by atoms with E-state index in [4.69, 9.17) is 4.74 Å². The van der Waals surface area contributed by atoms with Crippen molar-refractivity contribution in [3.8, 4) is 0 Å². The number of carbonyl (C=O) groups is 2. The van der Waals surface area contributed by atoms with Crippen LogP contribution in [0.3, 0.4) is 0 Å². The Bertz CT molecular complexity index is 670. The van der Waals surface area contributed by atoms with Gasteiger partial charge in [-0.3, -0.25) is 9.59 Å². The second-order valence-electron chi connectivity index (χ2n) is 10.2. The zero-order valence-corrected chi connectivity index (χ0v) is 19.2. The number of rotatable bonds is 2. The molecule has 168 valence electrons. The summed E-state index contributed by atoms with van der Waals surface area (Å²) in [6.45, 7) is 5.15. The van der Waals surface area contributed by atoms with E-state index >= 15 is 0 Å². The molecule has 0 aromatic rings. The van der Waals surface area contributed by atoms with Crippen molar-refractivity contribution in [2.75, 3.05) is 19.0 Å². The molecule has 2 saturated carbocycles. The molecule has 0 aromatic heterocycles. The molecule has 30 heavy (non-hydrogen) atoms. The molecule has 3 heterocycles. The van der Waals surface area contributed by atoms with Crippen LogP contribution in [0.5, 0.6) is 0 Å². The Morgan fingerprint density at radius 1 is 1.03 bits per heavy atom. The maximum Gasteiger partial charge on any atom is 0.252 e. The predicted molar refractivity (Wildman–Crippen MR) is 118 cm³/mol. The molecule has 7 heteroatoms. The normalized spacial score (nSPS) is 43.9. The van der Waals surface area contributed by atoms with Gasteiger partial charge in [-0.2, -0.15) is 0 Å². The highest BCUT2D eigenvalue weighted by atomic mass is 32.2. The van der Waals surface area contributed by atoms with E-state index in [1.807, 2.05) is 0 Å². The number of nitrogens with zero attached hydrogens (tertiary/aromatic N) is 2. The first-order valence-electron chi connectivity index (χ1n) is 12.1. The van der Waals surface area contributed by atoms with Crippen molar-refractivity contribution in [3.05, 3.63) is 0 Å². The van der Waals surface area contributed by atoms with Gasteiger partial charge < -0.3 is 19.9 Å². The largest absolute Gasteiger partial charge is 0.368 e. The maximum atomic E-state index is 13.4. The Hall–Kier alpha value is -0.790. The fraction of sp³-hybridized carbons (Fsp3) is 0.913. The number of carbonyl (C=O) groups excluding carboxylic acids is 2. The third-order valence-electron chi connectivity index (χ3n) is 8.50. The van der Waals surface area contributed by atoms with Crippen molar-refractivity contribution >= 4 is 23.6 Å². The van der Waals surface area contributed by atoms with Gasteiger partial charge in [0.2, 0.25) is 5.91 Å². The summed E-state index contributed by atoms with van der Waals surface area (Å²) in [5, 5.41) is 4.51. The zero-order chi connectivity index (χ0) is 20.8. The van der Waals surface area contributed by atoms with Gasteiger partial charge in [-0.1, -0.05) is 0 Å². The van der Waals surface area contributed by atoms with Gasteiger partial charge in [0.15, 0.2) is 0 Å². The molecule has 5 aliphatic rings. The van der Waals surface area contributed by atoms with Gasteiger partial charge in [-0.15, -0.1) is 11.8 Å². The number of hydrogen-bond donors (Lipinski definition) is 1. The van der Waals surface area contributed by atoms with E-state index in [-0.39, 0.29) is 36.0 Å². The van der Waals surface area contributed by atoms with Crippen molar-refractivity contribution in [1.82, 2.24) is 15.1 Å². The predicted octanol–water partition coefficient (Wildman–Crippen LogP) is 2.61. The van der Waals surface area contributed by atoms with Crippen LogP contribution in [0.4, 0.5) is 0 Å². The van der Waals surface area contributed by atoms with Crippen LogP contribution in [0.1, 0.15) is 65.2 Å². The first kappa shape index (κ1) is 21.1. The zero-order valence-electron chi connectivity index (χ0n) is 18.4. The summed E-state index contributed by atoms with van der Waals surface area (Å²) in [7, 11) is 0. The average molecular weight is 436 g/mol. The molecule has 7 unspecified atom stereocenters. The van der Waals surface area contributed by atoms with Crippen LogP contribution in [0, 0.1) is 11.8 Å². The molecule has 5 rings (SSSR count). The molecular formula is C23H37N3O3S. The Morgan fingerprint density at radius 3 is 2.60 bits per heavy atom. The second-order valence-corrected chi connectivity index (χ2v) is 11.4. The van der Waals surface area contributed by atoms with Crippen LogP contribution in [0.15, 0.2) is 0 Å². The monoisotopic (exact) mass is 435 g/mol. The van der Waals surface area contributed by atoms with Gasteiger partial charge in [0.05, 0.1) is 12.1 Å². The van der Waals surface area contributed by atoms with Crippen molar-refractivity contribution in [2.24, 2.45) is 11.8 Å². The van der Waals surface area contributed by atoms with Crippen LogP contribution in [-0.2, 0) is 14.3 Å². The van der Waals surface area contributed by atoms with Crippen LogP contribution in [-0.4, -0.2) is 76.2 Å². The van der Waals surface area contributed by atoms with Crippen LogP contribution < -0.4 is 5.32 Å². The Balaban J connectivity index is 1.34. The number of amides is 2. The van der Waals surface area contributed by atoms with E-state index in [1.165, 1.54) is 25.7 Å². The summed E-state index contributed by atoms with van der Waals surface area (Å²) >= 11 is 2.09. The lowest BCUT2D eigenvalue weighted by molar-refractivity contribution is -0.160. The minimum Gasteiger partial charge on any atom is -0.368 e. The maximum absolute atomic E-state index is 13.4. The standard InChI is InChI=1S/C23H37N3O3S/c1-14-12-25(23(28)21-4-3-9-29-21)20-11-17(5-7-19(20)26(14)15(2)27)16-6-8-22-18(10-16)24-13-30-22/h14,16-22,24H,3-13H2,1-2H3/t14-,16?,17?,18?,19?,20?,21?,22?/m0/s1. The third-order valence-corrected chi connectivity index (χ3v) is 9.83. The summed E-state index contributed by atoms with van der Waals surface area (Å²) in [5.41, 5.74) is 0. The molecule has 6 nitrogen and oxygen atoms in total. The quantitative estimate of drug-likeness (QED) is 0.722. The number of nitrogens with one attached hydrogen (secondary N) is 1. The number of ether oxygens (including phenoxy) is 1. The molecule has 1 N–H and O–H groups in total. The van der Waals surface area contributed by atoms with Crippen molar-refractivity contribution < 1.29 is 14.3 Å². The molecule has 0 bridgehead atoms. The van der Waals surface area contributed by atoms with Gasteiger partial charge in [0, 0.05) is 43.3 Å². The molecule has 5 fully saturated rings. The smallest absolute Gasteiger partial charge is 0.252 e. The first-order chi connectivity index (χ1) is 14.5. The molecule has 0 aromatic carbocycles. The minimum atomic E-state index is -0.266. The van der Waals surface area contributed by atoms with Gasteiger partial charge in [-0.05, 0) is 70.1 Å². The Morgan fingerprint density at radius 2 is 1.83 bits per heavy atom. The number of hydrogen-bond acceptors (Lipinski definition) is 5. The molecule has 8 atom stereocenters. The summed E-state index contributed by atoms with van der Waals surface area (Å²) in [6.07, 6.45) is 8.76. The lowest BCUT2D eigenvalue weighted by Crippen LogP contribution is -2.68. The highest BCUT2D eigenvalue weighted by Gasteiger charge is 2.49. The summed E-state index contributed by atoms with van der Waals surface area (Å²) in [4.78, 5) is 30.1. The Labute approximate surface area is 184 Å². The van der Waals surface area contributed by atoms with E-state index in [9.17, 15) is 9.59 Å². The van der Waals surface area contributed by atoms with E-state index < -0.39 is 0 Å². The number of thioether (sulfide) groups is 1. The van der Waals surface area contributed by atoms with Crippen LogP contribution >= 0.6 is 11.8 Å². The van der Waals surface area contributed by atoms with Gasteiger partial charge in [0.1, 0.15) is 6.10 Å². The number of piperazine rings is 1. The summed E-state index contributed by atoms with van der Waals surface area (Å²) in [6, 6.07) is 1.09. The van der Waals surface area contributed by atoms with Crippen molar-refractivity contribution in [2.45, 2.75) is 101 Å². The van der Waals surface area contributed by atoms with Crippen molar-refractivity contribution in [1.29, 1.82) is 0 Å². The number of fused-ring (bicyclic) bond motifs is 2. The highest BCUT2D eigenvalue weighted by molar-refractivity contribution is 8.00. The van der Waals surface area contributed by atoms with Gasteiger partial charge in [0.25, 0.3) is 5.91 Å². The van der Waals surface area contributed by atoms with E-state index in [0.717, 1.165) is 42.7 Å². The fourth-order valence-corrected chi connectivity index (χ4v) is 8.39. The lowest BCUT2D eigenvalue weighted by Gasteiger charge is -2.55. The first-order valence-corrected chi connectivity index (χ1v) is 13.1. The Kier molecular flexibility index (Phi) is 6.06. The van der Waals surface area contributed by atoms with E-state index in [0.29, 0.717) is 25.1 Å². The molecule has 0 radical (unpaired) electrons. The fourth-order valence-electron chi connectivity index (χ4n) is 7.12. The summed E-state index contributed by atoms with van der Waals surface area (Å²) < 4.78 is 5.77. The average Bonchev–Trinajstić information content (AvgIpc) is 3.43. The summed E-state index contributed by atoms with van der Waals surface area (Å²) in [5.74, 6) is 2.86. The molecule has 2 aliphatic carbocycles. The third kappa shape index (κ3) is 3.79. The highest BCUT2D eigenvalue weighted by Crippen LogP contribution is 2.45. The van der Waals surface area contributed by atoms with Crippen LogP contribution in [0.25, 0.3) is 0 Å². The topological polar surface area (TPSA) is 61.9 Å². The van der Waals surface area contributed by atoms with E-state index in [2.05, 4.69) is 33.8 Å². The van der Waals surface area contributed by atoms with Crippen molar-refractivity contribution in [3.63, 3.8) is 0 Å². The van der Waals surface area contributed by atoms with Gasteiger partial charge in [-0.25, -0.2) is 0 Å².